The van der Waals surface area contributed by atoms with Crippen LogP contribution in [0.2, 0.25) is 0 Å². The van der Waals surface area contributed by atoms with Crippen LogP contribution in [0.25, 0.3) is 0 Å². The van der Waals surface area contributed by atoms with E-state index in [4.69, 9.17) is 9.47 Å². The van der Waals surface area contributed by atoms with E-state index >= 15 is 0 Å². The molecular formula is C30H40BNO4. The van der Waals surface area contributed by atoms with Gasteiger partial charge in [-0.25, -0.2) is 0 Å². The average molecular weight is 489 g/mol. The Hall–Kier alpha value is -2.96. The van der Waals surface area contributed by atoms with Gasteiger partial charge in [0.1, 0.15) is 11.5 Å². The fourth-order valence-corrected chi connectivity index (χ4v) is 4.06. The summed E-state index contributed by atoms with van der Waals surface area (Å²) in [6.07, 6.45) is 9.44. The molecule has 0 aliphatic rings. The van der Waals surface area contributed by atoms with E-state index < -0.39 is 7.12 Å². The zero-order valence-electron chi connectivity index (χ0n) is 21.7. The van der Waals surface area contributed by atoms with Gasteiger partial charge in [-0.15, -0.1) is 0 Å². The minimum atomic E-state index is -1.49. The third-order valence-corrected chi connectivity index (χ3v) is 6.17. The van der Waals surface area contributed by atoms with E-state index in [2.05, 4.69) is 18.7 Å². The van der Waals surface area contributed by atoms with Crippen molar-refractivity contribution in [2.75, 3.05) is 18.1 Å². The van der Waals surface area contributed by atoms with Gasteiger partial charge in [0.15, 0.2) is 0 Å². The zero-order valence-corrected chi connectivity index (χ0v) is 21.7. The summed E-state index contributed by atoms with van der Waals surface area (Å²) in [5.41, 5.74) is 3.34. The van der Waals surface area contributed by atoms with Gasteiger partial charge in [-0.05, 0) is 79.0 Å². The normalized spacial score (nSPS) is 10.8. The molecular weight excluding hydrogens is 449 g/mol. The summed E-state index contributed by atoms with van der Waals surface area (Å²) in [7, 11) is -1.49. The maximum Gasteiger partial charge on any atom is 0.488 e. The van der Waals surface area contributed by atoms with Crippen LogP contribution in [0.15, 0.2) is 72.8 Å². The predicted octanol–water partition coefficient (Wildman–Crippen LogP) is 6.75. The predicted molar refractivity (Wildman–Crippen MR) is 150 cm³/mol. The fourth-order valence-electron chi connectivity index (χ4n) is 4.06. The summed E-state index contributed by atoms with van der Waals surface area (Å²) in [5, 5.41) is 19.0. The van der Waals surface area contributed by atoms with Crippen LogP contribution in [0.1, 0.15) is 65.2 Å². The molecule has 0 aliphatic carbocycles. The molecule has 3 aromatic rings. The molecule has 192 valence electrons. The lowest BCUT2D eigenvalue weighted by Gasteiger charge is -2.26. The van der Waals surface area contributed by atoms with Gasteiger partial charge in [0, 0.05) is 17.1 Å². The van der Waals surface area contributed by atoms with Crippen molar-refractivity contribution in [3.8, 4) is 11.5 Å². The monoisotopic (exact) mass is 489 g/mol. The first-order valence-corrected chi connectivity index (χ1v) is 13.3. The number of benzene rings is 3. The van der Waals surface area contributed by atoms with E-state index in [1.165, 1.54) is 38.5 Å². The third kappa shape index (κ3) is 8.61. The van der Waals surface area contributed by atoms with Crippen molar-refractivity contribution < 1.29 is 19.5 Å². The van der Waals surface area contributed by atoms with E-state index in [0.717, 1.165) is 54.6 Å². The Morgan fingerprint density at radius 2 is 0.944 bits per heavy atom. The summed E-state index contributed by atoms with van der Waals surface area (Å²) in [4.78, 5) is 2.13. The van der Waals surface area contributed by atoms with Gasteiger partial charge in [-0.3, -0.25) is 0 Å². The molecule has 36 heavy (non-hydrogen) atoms. The first-order valence-electron chi connectivity index (χ1n) is 13.3. The van der Waals surface area contributed by atoms with Gasteiger partial charge in [0.2, 0.25) is 0 Å². The smallest absolute Gasteiger partial charge is 0.488 e. The fraction of sp³-hybridized carbons (Fsp3) is 0.400. The van der Waals surface area contributed by atoms with E-state index in [1.807, 2.05) is 60.7 Å². The highest BCUT2D eigenvalue weighted by atomic mass is 16.5. The van der Waals surface area contributed by atoms with Gasteiger partial charge in [-0.1, -0.05) is 64.5 Å². The summed E-state index contributed by atoms with van der Waals surface area (Å²) in [6, 6.07) is 23.5. The van der Waals surface area contributed by atoms with Crippen LogP contribution >= 0.6 is 0 Å². The van der Waals surface area contributed by atoms with Crippen molar-refractivity contribution in [3.63, 3.8) is 0 Å². The number of rotatable bonds is 16. The summed E-state index contributed by atoms with van der Waals surface area (Å²) < 4.78 is 11.9. The molecule has 0 heterocycles. The topological polar surface area (TPSA) is 62.2 Å². The molecule has 0 saturated carbocycles. The van der Waals surface area contributed by atoms with E-state index in [1.54, 1.807) is 12.1 Å². The molecule has 0 bridgehead atoms. The van der Waals surface area contributed by atoms with Gasteiger partial charge in [0.25, 0.3) is 0 Å². The molecule has 0 radical (unpaired) electrons. The number of anilines is 3. The molecule has 0 atom stereocenters. The molecule has 0 saturated heterocycles. The lowest BCUT2D eigenvalue weighted by atomic mass is 9.80. The molecule has 3 rings (SSSR count). The Kier molecular flexibility index (Phi) is 11.7. The van der Waals surface area contributed by atoms with Crippen molar-refractivity contribution in [1.82, 2.24) is 0 Å². The van der Waals surface area contributed by atoms with Crippen molar-refractivity contribution >= 4 is 29.6 Å². The molecule has 6 heteroatoms. The highest BCUT2D eigenvalue weighted by Gasteiger charge is 2.15. The Morgan fingerprint density at radius 1 is 0.556 bits per heavy atom. The number of hydrogen-bond acceptors (Lipinski definition) is 5. The number of nitrogens with zero attached hydrogens (tertiary/aromatic N) is 1. The quantitative estimate of drug-likeness (QED) is 0.172. The molecule has 0 aromatic heterocycles. The molecule has 0 aliphatic heterocycles. The van der Waals surface area contributed by atoms with Gasteiger partial charge >= 0.3 is 7.12 Å². The summed E-state index contributed by atoms with van der Waals surface area (Å²) in [6.45, 7) is 5.88. The lowest BCUT2D eigenvalue weighted by Crippen LogP contribution is -2.29. The second-order valence-electron chi connectivity index (χ2n) is 9.11. The zero-order chi connectivity index (χ0) is 25.6. The maximum atomic E-state index is 9.50. The second-order valence-corrected chi connectivity index (χ2v) is 9.11. The largest absolute Gasteiger partial charge is 0.494 e. The van der Waals surface area contributed by atoms with Crippen LogP contribution in [0.3, 0.4) is 0 Å². The van der Waals surface area contributed by atoms with E-state index in [0.29, 0.717) is 5.46 Å². The van der Waals surface area contributed by atoms with Crippen molar-refractivity contribution in [2.24, 2.45) is 0 Å². The van der Waals surface area contributed by atoms with Crippen LogP contribution in [0.5, 0.6) is 11.5 Å². The average Bonchev–Trinajstić information content (AvgIpc) is 2.90. The number of ether oxygens (including phenoxy) is 2. The molecule has 5 nitrogen and oxygen atoms in total. The number of unbranched alkanes of at least 4 members (excludes halogenated alkanes) is 6. The van der Waals surface area contributed by atoms with Crippen LogP contribution in [0.4, 0.5) is 17.1 Å². The van der Waals surface area contributed by atoms with Crippen LogP contribution < -0.4 is 19.8 Å². The molecule has 0 unspecified atom stereocenters. The van der Waals surface area contributed by atoms with Crippen LogP contribution in [-0.2, 0) is 0 Å². The van der Waals surface area contributed by atoms with Gasteiger partial charge in [-0.2, -0.15) is 0 Å². The maximum absolute atomic E-state index is 9.50. The molecule has 3 aromatic carbocycles. The van der Waals surface area contributed by atoms with Crippen LogP contribution in [-0.4, -0.2) is 30.4 Å². The van der Waals surface area contributed by atoms with Crippen molar-refractivity contribution in [3.05, 3.63) is 72.8 Å². The highest BCUT2D eigenvalue weighted by Crippen LogP contribution is 2.35. The first-order chi connectivity index (χ1) is 17.6. The Morgan fingerprint density at radius 3 is 1.31 bits per heavy atom. The summed E-state index contributed by atoms with van der Waals surface area (Å²) in [5.74, 6) is 1.72. The summed E-state index contributed by atoms with van der Waals surface area (Å²) >= 11 is 0. The highest BCUT2D eigenvalue weighted by molar-refractivity contribution is 6.58. The molecule has 0 spiro atoms. The minimum absolute atomic E-state index is 0.456. The Bertz CT molecular complexity index is 933. The van der Waals surface area contributed by atoms with Gasteiger partial charge in [0.05, 0.1) is 13.2 Å². The molecule has 0 fully saturated rings. The van der Waals surface area contributed by atoms with Crippen molar-refractivity contribution in [2.45, 2.75) is 65.2 Å². The van der Waals surface area contributed by atoms with Gasteiger partial charge < -0.3 is 24.4 Å². The molecule has 0 amide bonds. The minimum Gasteiger partial charge on any atom is -0.494 e. The SMILES string of the molecule is CCCCCCOc1ccc(N(c2ccc(OCCCCCC)cc2)c2ccc(B(O)O)cc2)cc1. The molecule has 2 N–H and O–H groups in total. The van der Waals surface area contributed by atoms with E-state index in [-0.39, 0.29) is 0 Å². The Balaban J connectivity index is 1.75. The third-order valence-electron chi connectivity index (χ3n) is 6.17. The van der Waals surface area contributed by atoms with Crippen LogP contribution in [0, 0.1) is 0 Å². The standard InChI is InChI=1S/C30H40BNO4/c1-3-5-7-9-23-35-29-19-15-27(16-20-29)32(26-13-11-25(12-14-26)31(33)34)28-17-21-30(22-18-28)36-24-10-8-6-4-2/h11-22,33-34H,3-10,23-24H2,1-2H3. The second kappa shape index (κ2) is 15.2. The Labute approximate surface area is 216 Å². The van der Waals surface area contributed by atoms with Crippen molar-refractivity contribution in [1.29, 1.82) is 0 Å². The number of hydrogen-bond donors (Lipinski definition) is 2. The lowest BCUT2D eigenvalue weighted by molar-refractivity contribution is 0.305. The van der Waals surface area contributed by atoms with E-state index in [9.17, 15) is 10.0 Å². The first kappa shape index (κ1) is 27.6.